The van der Waals surface area contributed by atoms with E-state index >= 15 is 0 Å². The van der Waals surface area contributed by atoms with Crippen molar-refractivity contribution < 1.29 is 14.3 Å². The van der Waals surface area contributed by atoms with Crippen molar-refractivity contribution in [2.75, 3.05) is 14.2 Å². The third kappa shape index (κ3) is 2.53. The second-order valence-electron chi connectivity index (χ2n) is 3.31. The van der Waals surface area contributed by atoms with Crippen molar-refractivity contribution in [3.63, 3.8) is 0 Å². The van der Waals surface area contributed by atoms with Crippen LogP contribution >= 0.6 is 0 Å². The Kier molecular flexibility index (Phi) is 3.80. The first-order chi connectivity index (χ1) is 7.10. The van der Waals surface area contributed by atoms with Gasteiger partial charge in [0.25, 0.3) is 0 Å². The van der Waals surface area contributed by atoms with Gasteiger partial charge in [0.1, 0.15) is 0 Å². The lowest BCUT2D eigenvalue weighted by atomic mass is 10.1. The molecule has 0 aliphatic carbocycles. The highest BCUT2D eigenvalue weighted by atomic mass is 16.5. The van der Waals surface area contributed by atoms with Crippen molar-refractivity contribution in [2.45, 2.75) is 20.5 Å². The van der Waals surface area contributed by atoms with Gasteiger partial charge >= 0.3 is 5.97 Å². The Hall–Kier alpha value is -1.42. The average Bonchev–Trinajstić information content (AvgIpc) is 2.16. The molecule has 0 saturated carbocycles. The quantitative estimate of drug-likeness (QED) is 0.710. The highest BCUT2D eigenvalue weighted by Crippen LogP contribution is 2.16. The van der Waals surface area contributed by atoms with Crippen LogP contribution in [0.5, 0.6) is 0 Å². The Morgan fingerprint density at radius 3 is 2.60 bits per heavy atom. The third-order valence-corrected chi connectivity index (χ3v) is 2.10. The van der Waals surface area contributed by atoms with Crippen molar-refractivity contribution in [1.82, 2.24) is 4.98 Å². The maximum atomic E-state index is 11.5. The van der Waals surface area contributed by atoms with Gasteiger partial charge in [0, 0.05) is 12.8 Å². The molecule has 0 aliphatic rings. The van der Waals surface area contributed by atoms with Gasteiger partial charge in [-0.25, -0.2) is 4.79 Å². The first kappa shape index (κ1) is 11.7. The van der Waals surface area contributed by atoms with Crippen LogP contribution in [0.25, 0.3) is 0 Å². The van der Waals surface area contributed by atoms with Gasteiger partial charge < -0.3 is 9.47 Å². The number of pyridine rings is 1. The molecule has 0 fully saturated rings. The van der Waals surface area contributed by atoms with Gasteiger partial charge in [0.2, 0.25) is 0 Å². The van der Waals surface area contributed by atoms with E-state index in [1.807, 2.05) is 13.0 Å². The summed E-state index contributed by atoms with van der Waals surface area (Å²) in [5.74, 6) is -0.368. The topological polar surface area (TPSA) is 48.4 Å². The number of carbonyl (C=O) groups excluding carboxylic acids is 1. The van der Waals surface area contributed by atoms with Gasteiger partial charge in [-0.05, 0) is 25.5 Å². The lowest BCUT2D eigenvalue weighted by molar-refractivity contribution is 0.0594. The van der Waals surface area contributed by atoms with E-state index in [0.29, 0.717) is 17.9 Å². The van der Waals surface area contributed by atoms with Gasteiger partial charge in [0.05, 0.1) is 25.0 Å². The molecule has 0 aromatic carbocycles. The standard InChI is InChI=1S/C11H15NO3/c1-7-5-9(6-14-3)10(8(2)12-7)11(13)15-4/h5H,6H2,1-4H3. The van der Waals surface area contributed by atoms with Gasteiger partial charge in [0.15, 0.2) is 0 Å². The number of ether oxygens (including phenoxy) is 2. The fraction of sp³-hybridized carbons (Fsp3) is 0.455. The Bertz CT molecular complexity index is 374. The van der Waals surface area contributed by atoms with Crippen LogP contribution in [0, 0.1) is 13.8 Å². The minimum absolute atomic E-state index is 0.368. The highest BCUT2D eigenvalue weighted by Gasteiger charge is 2.16. The molecule has 0 aliphatic heterocycles. The Balaban J connectivity index is 3.26. The van der Waals surface area contributed by atoms with Crippen LogP contribution in [0.15, 0.2) is 6.07 Å². The molecule has 4 nitrogen and oxygen atoms in total. The van der Waals surface area contributed by atoms with E-state index in [-0.39, 0.29) is 5.97 Å². The zero-order valence-electron chi connectivity index (χ0n) is 9.46. The van der Waals surface area contributed by atoms with E-state index in [1.54, 1.807) is 14.0 Å². The Morgan fingerprint density at radius 1 is 1.40 bits per heavy atom. The molecule has 1 heterocycles. The second-order valence-corrected chi connectivity index (χ2v) is 3.31. The lowest BCUT2D eigenvalue weighted by Crippen LogP contribution is -2.11. The molecular weight excluding hydrogens is 194 g/mol. The molecule has 0 spiro atoms. The van der Waals surface area contributed by atoms with Crippen LogP contribution in [0.1, 0.15) is 27.3 Å². The predicted molar refractivity (Wildman–Crippen MR) is 55.8 cm³/mol. The fourth-order valence-corrected chi connectivity index (χ4v) is 1.56. The molecule has 0 amide bonds. The molecule has 0 bridgehead atoms. The second kappa shape index (κ2) is 4.89. The number of esters is 1. The summed E-state index contributed by atoms with van der Waals surface area (Å²) in [7, 11) is 2.95. The number of nitrogens with zero attached hydrogens (tertiary/aromatic N) is 1. The molecule has 15 heavy (non-hydrogen) atoms. The van der Waals surface area contributed by atoms with E-state index < -0.39 is 0 Å². The zero-order chi connectivity index (χ0) is 11.4. The molecule has 0 saturated heterocycles. The minimum Gasteiger partial charge on any atom is -0.465 e. The number of aromatic nitrogens is 1. The van der Waals surface area contributed by atoms with Crippen LogP contribution in [0.2, 0.25) is 0 Å². The molecule has 1 aromatic heterocycles. The first-order valence-corrected chi connectivity index (χ1v) is 4.64. The van der Waals surface area contributed by atoms with Gasteiger partial charge in [-0.3, -0.25) is 4.98 Å². The predicted octanol–water partition coefficient (Wildman–Crippen LogP) is 1.63. The number of methoxy groups -OCH3 is 2. The Morgan fingerprint density at radius 2 is 2.07 bits per heavy atom. The van der Waals surface area contributed by atoms with Crippen molar-refractivity contribution >= 4 is 5.97 Å². The maximum absolute atomic E-state index is 11.5. The smallest absolute Gasteiger partial charge is 0.340 e. The van der Waals surface area contributed by atoms with E-state index in [1.165, 1.54) is 7.11 Å². The monoisotopic (exact) mass is 209 g/mol. The van der Waals surface area contributed by atoms with Crippen LogP contribution in [0.4, 0.5) is 0 Å². The van der Waals surface area contributed by atoms with E-state index in [9.17, 15) is 4.79 Å². The van der Waals surface area contributed by atoms with E-state index in [2.05, 4.69) is 4.98 Å². The van der Waals surface area contributed by atoms with Crippen LogP contribution in [0.3, 0.4) is 0 Å². The van der Waals surface area contributed by atoms with Crippen LogP contribution < -0.4 is 0 Å². The summed E-state index contributed by atoms with van der Waals surface area (Å²) >= 11 is 0. The summed E-state index contributed by atoms with van der Waals surface area (Å²) < 4.78 is 9.75. The van der Waals surface area contributed by atoms with Crippen molar-refractivity contribution in [2.24, 2.45) is 0 Å². The Labute approximate surface area is 89.2 Å². The highest BCUT2D eigenvalue weighted by molar-refractivity contribution is 5.92. The maximum Gasteiger partial charge on any atom is 0.340 e. The largest absolute Gasteiger partial charge is 0.465 e. The molecule has 82 valence electrons. The summed E-state index contributed by atoms with van der Waals surface area (Å²) in [4.78, 5) is 15.8. The summed E-state index contributed by atoms with van der Waals surface area (Å²) in [6.07, 6.45) is 0. The number of rotatable bonds is 3. The summed E-state index contributed by atoms with van der Waals surface area (Å²) in [5.41, 5.74) is 2.86. The van der Waals surface area contributed by atoms with Crippen LogP contribution in [-0.2, 0) is 16.1 Å². The normalized spacial score (nSPS) is 10.1. The molecule has 0 unspecified atom stereocenters. The van der Waals surface area contributed by atoms with E-state index in [4.69, 9.17) is 9.47 Å². The molecule has 0 atom stereocenters. The molecular formula is C11H15NO3. The first-order valence-electron chi connectivity index (χ1n) is 4.64. The molecule has 4 heteroatoms. The van der Waals surface area contributed by atoms with Gasteiger partial charge in [-0.15, -0.1) is 0 Å². The zero-order valence-corrected chi connectivity index (χ0v) is 9.46. The number of hydrogen-bond donors (Lipinski definition) is 0. The van der Waals surface area contributed by atoms with Gasteiger partial charge in [-0.2, -0.15) is 0 Å². The lowest BCUT2D eigenvalue weighted by Gasteiger charge is -2.10. The number of aryl methyl sites for hydroxylation is 2. The molecule has 1 rings (SSSR count). The molecule has 1 aromatic rings. The molecule has 0 N–H and O–H groups in total. The van der Waals surface area contributed by atoms with Crippen molar-refractivity contribution in [1.29, 1.82) is 0 Å². The molecule has 0 radical (unpaired) electrons. The summed E-state index contributed by atoms with van der Waals surface area (Å²) in [6.45, 7) is 4.06. The SMILES string of the molecule is COCc1cc(C)nc(C)c1C(=O)OC. The van der Waals surface area contributed by atoms with Gasteiger partial charge in [-0.1, -0.05) is 0 Å². The van der Waals surface area contributed by atoms with Crippen LogP contribution in [-0.4, -0.2) is 25.2 Å². The third-order valence-electron chi connectivity index (χ3n) is 2.10. The number of hydrogen-bond acceptors (Lipinski definition) is 4. The average molecular weight is 209 g/mol. The summed E-state index contributed by atoms with van der Waals surface area (Å²) in [5, 5.41) is 0. The summed E-state index contributed by atoms with van der Waals surface area (Å²) in [6, 6.07) is 1.84. The fourth-order valence-electron chi connectivity index (χ4n) is 1.56. The van der Waals surface area contributed by atoms with Crippen molar-refractivity contribution in [3.8, 4) is 0 Å². The number of carbonyl (C=O) groups is 1. The minimum atomic E-state index is -0.368. The van der Waals surface area contributed by atoms with E-state index in [0.717, 1.165) is 11.3 Å². The van der Waals surface area contributed by atoms with Crippen molar-refractivity contribution in [3.05, 3.63) is 28.6 Å².